The number of piperidine rings is 1. The van der Waals surface area contributed by atoms with E-state index < -0.39 is 11.6 Å². The monoisotopic (exact) mass is 423 g/mol. The average Bonchev–Trinajstić information content (AvgIpc) is 3.04. The molecule has 1 aromatic carbocycles. The summed E-state index contributed by atoms with van der Waals surface area (Å²) in [6.07, 6.45) is 1.53. The van der Waals surface area contributed by atoms with Crippen LogP contribution in [0.3, 0.4) is 0 Å². The lowest BCUT2D eigenvalue weighted by Gasteiger charge is -2.30. The van der Waals surface area contributed by atoms with Gasteiger partial charge in [0.2, 0.25) is 5.91 Å². The van der Waals surface area contributed by atoms with Crippen molar-refractivity contribution in [3.05, 3.63) is 46.1 Å². The molecule has 0 radical (unpaired) electrons. The normalized spacial score (nSPS) is 15.5. The second kappa shape index (κ2) is 9.94. The third kappa shape index (κ3) is 5.11. The first-order valence-electron chi connectivity index (χ1n) is 10.1. The fraction of sp³-hybridized carbons (Fsp3) is 0.550. The van der Waals surface area contributed by atoms with Crippen molar-refractivity contribution in [2.75, 3.05) is 38.7 Å². The highest BCUT2D eigenvalue weighted by molar-refractivity contribution is 5.92. The van der Waals surface area contributed by atoms with Gasteiger partial charge in [-0.3, -0.25) is 14.3 Å². The van der Waals surface area contributed by atoms with Crippen LogP contribution in [0.5, 0.6) is 0 Å². The first kappa shape index (κ1) is 22.1. The maximum Gasteiger partial charge on any atom is 0.345 e. The van der Waals surface area contributed by atoms with Crippen molar-refractivity contribution < 1.29 is 18.3 Å². The van der Waals surface area contributed by atoms with Crippen LogP contribution in [-0.4, -0.2) is 58.5 Å². The molecule has 8 nitrogen and oxygen atoms in total. The second-order valence-corrected chi connectivity index (χ2v) is 7.32. The van der Waals surface area contributed by atoms with Crippen molar-refractivity contribution in [3.8, 4) is 0 Å². The Morgan fingerprint density at radius 1 is 1.30 bits per heavy atom. The lowest BCUT2D eigenvalue weighted by molar-refractivity contribution is -0.117. The number of rotatable bonds is 8. The molecule has 2 heterocycles. The van der Waals surface area contributed by atoms with Crippen molar-refractivity contribution >= 4 is 11.6 Å². The first-order valence-corrected chi connectivity index (χ1v) is 10.1. The van der Waals surface area contributed by atoms with E-state index in [0.29, 0.717) is 32.8 Å². The number of carbonyl (C=O) groups is 1. The van der Waals surface area contributed by atoms with Gasteiger partial charge in [0.15, 0.2) is 0 Å². The number of benzene rings is 1. The van der Waals surface area contributed by atoms with E-state index in [0.717, 1.165) is 30.8 Å². The van der Waals surface area contributed by atoms with Gasteiger partial charge in [-0.2, -0.15) is 5.10 Å². The minimum absolute atomic E-state index is 0.0372. The summed E-state index contributed by atoms with van der Waals surface area (Å²) in [6, 6.07) is 3.04. The van der Waals surface area contributed by atoms with Gasteiger partial charge in [-0.05, 0) is 45.0 Å². The van der Waals surface area contributed by atoms with Crippen LogP contribution in [0.15, 0.2) is 23.0 Å². The van der Waals surface area contributed by atoms with Crippen LogP contribution in [-0.2, 0) is 22.6 Å². The maximum absolute atomic E-state index is 13.7. The van der Waals surface area contributed by atoms with E-state index in [1.165, 1.54) is 10.7 Å². The van der Waals surface area contributed by atoms with E-state index in [1.54, 1.807) is 11.7 Å². The Morgan fingerprint density at radius 3 is 2.67 bits per heavy atom. The number of ether oxygens (including phenoxy) is 1. The van der Waals surface area contributed by atoms with Crippen LogP contribution in [0.25, 0.3) is 0 Å². The summed E-state index contributed by atoms with van der Waals surface area (Å²) in [7, 11) is 1.58. The number of anilines is 1. The first-order chi connectivity index (χ1) is 14.4. The van der Waals surface area contributed by atoms with Gasteiger partial charge in [-0.25, -0.2) is 18.3 Å². The van der Waals surface area contributed by atoms with Crippen LogP contribution in [0.2, 0.25) is 0 Å². The molecule has 0 saturated carbocycles. The number of nitrogens with zero attached hydrogens (tertiary/aromatic N) is 4. The van der Waals surface area contributed by atoms with Gasteiger partial charge < -0.3 is 10.1 Å². The van der Waals surface area contributed by atoms with Gasteiger partial charge in [0, 0.05) is 25.6 Å². The number of carbonyl (C=O) groups excluding carboxylic acids is 1. The quantitative estimate of drug-likeness (QED) is 0.700. The summed E-state index contributed by atoms with van der Waals surface area (Å²) in [6.45, 7) is 4.73. The molecule has 0 spiro atoms. The molecule has 1 N–H and O–H groups in total. The molecule has 1 aromatic heterocycles. The van der Waals surface area contributed by atoms with Crippen molar-refractivity contribution in [2.24, 2.45) is 0 Å². The predicted octanol–water partition coefficient (Wildman–Crippen LogP) is 1.81. The summed E-state index contributed by atoms with van der Waals surface area (Å²) >= 11 is 0. The molecule has 10 heteroatoms. The Bertz CT molecular complexity index is 935. The zero-order valence-electron chi connectivity index (χ0n) is 17.2. The van der Waals surface area contributed by atoms with Gasteiger partial charge in [-0.1, -0.05) is 0 Å². The summed E-state index contributed by atoms with van der Waals surface area (Å²) in [4.78, 5) is 26.7. The maximum atomic E-state index is 13.7. The van der Waals surface area contributed by atoms with Crippen molar-refractivity contribution in [1.29, 1.82) is 0 Å². The Labute approximate surface area is 173 Å². The van der Waals surface area contributed by atoms with Crippen LogP contribution >= 0.6 is 0 Å². The standard InChI is InChI=1S/C20H27F2N5O3/c1-3-26-19(24-27(20(26)29)10-11-30-2)14-6-8-25(9-7-14)13-18(28)23-17-5-4-15(21)12-16(17)22/h4-5,12,14H,3,6-11,13H2,1-2H3,(H,23,28). The third-order valence-corrected chi connectivity index (χ3v) is 5.30. The lowest BCUT2D eigenvalue weighted by atomic mass is 9.96. The summed E-state index contributed by atoms with van der Waals surface area (Å²) in [5.74, 6) is -0.939. The SMILES string of the molecule is CCn1c(C2CCN(CC(=O)Nc3ccc(F)cc3F)CC2)nn(CCOC)c1=O. The molecule has 0 atom stereocenters. The number of aromatic nitrogens is 3. The number of likely N-dealkylation sites (tertiary alicyclic amines) is 1. The van der Waals surface area contributed by atoms with Gasteiger partial charge in [0.25, 0.3) is 0 Å². The summed E-state index contributed by atoms with van der Waals surface area (Å²) in [5.41, 5.74) is -0.169. The minimum atomic E-state index is -0.802. The highest BCUT2D eigenvalue weighted by Gasteiger charge is 2.27. The second-order valence-electron chi connectivity index (χ2n) is 7.32. The number of amides is 1. The van der Waals surface area contributed by atoms with E-state index in [9.17, 15) is 18.4 Å². The van der Waals surface area contributed by atoms with E-state index in [-0.39, 0.29) is 29.7 Å². The number of halogens is 2. The fourth-order valence-corrected chi connectivity index (χ4v) is 3.71. The zero-order chi connectivity index (χ0) is 21.7. The molecule has 2 aromatic rings. The van der Waals surface area contributed by atoms with Crippen molar-refractivity contribution in [1.82, 2.24) is 19.2 Å². The summed E-state index contributed by atoms with van der Waals surface area (Å²) in [5, 5.41) is 7.00. The molecule has 1 fully saturated rings. The molecule has 30 heavy (non-hydrogen) atoms. The lowest BCUT2D eigenvalue weighted by Crippen LogP contribution is -2.39. The van der Waals surface area contributed by atoms with E-state index in [4.69, 9.17) is 4.74 Å². The average molecular weight is 423 g/mol. The number of nitrogens with one attached hydrogen (secondary N) is 1. The molecule has 0 aliphatic carbocycles. The Kier molecular flexibility index (Phi) is 7.33. The number of hydrogen-bond donors (Lipinski definition) is 1. The predicted molar refractivity (Wildman–Crippen MR) is 107 cm³/mol. The van der Waals surface area contributed by atoms with Gasteiger partial charge in [0.1, 0.15) is 17.5 Å². The van der Waals surface area contributed by atoms with E-state index in [2.05, 4.69) is 10.4 Å². The number of hydrogen-bond acceptors (Lipinski definition) is 5. The van der Waals surface area contributed by atoms with Crippen LogP contribution in [0.4, 0.5) is 14.5 Å². The van der Waals surface area contributed by atoms with Gasteiger partial charge in [0.05, 0.1) is 25.4 Å². The van der Waals surface area contributed by atoms with Gasteiger partial charge in [-0.15, -0.1) is 0 Å². The zero-order valence-corrected chi connectivity index (χ0v) is 17.2. The Hall–Kier alpha value is -2.59. The van der Waals surface area contributed by atoms with Crippen molar-refractivity contribution in [3.63, 3.8) is 0 Å². The topological polar surface area (TPSA) is 81.4 Å². The molecule has 1 amide bonds. The third-order valence-electron chi connectivity index (χ3n) is 5.30. The molecule has 0 unspecified atom stereocenters. The molecular weight excluding hydrogens is 396 g/mol. The molecular formula is C20H27F2N5O3. The molecule has 1 aliphatic rings. The van der Waals surface area contributed by atoms with Crippen molar-refractivity contribution in [2.45, 2.75) is 38.8 Å². The van der Waals surface area contributed by atoms with Crippen LogP contribution < -0.4 is 11.0 Å². The highest BCUT2D eigenvalue weighted by atomic mass is 19.1. The molecule has 0 bridgehead atoms. The Morgan fingerprint density at radius 2 is 2.03 bits per heavy atom. The smallest absolute Gasteiger partial charge is 0.345 e. The number of methoxy groups -OCH3 is 1. The van der Waals surface area contributed by atoms with E-state index in [1.807, 2.05) is 11.8 Å². The van der Waals surface area contributed by atoms with Crippen LogP contribution in [0, 0.1) is 11.6 Å². The Balaban J connectivity index is 1.57. The van der Waals surface area contributed by atoms with Crippen LogP contribution in [0.1, 0.15) is 31.5 Å². The molecule has 1 aliphatic heterocycles. The fourth-order valence-electron chi connectivity index (χ4n) is 3.71. The summed E-state index contributed by atoms with van der Waals surface area (Å²) < 4.78 is 34.9. The molecule has 164 valence electrons. The highest BCUT2D eigenvalue weighted by Crippen LogP contribution is 2.26. The minimum Gasteiger partial charge on any atom is -0.383 e. The van der Waals surface area contributed by atoms with E-state index >= 15 is 0 Å². The largest absolute Gasteiger partial charge is 0.383 e. The molecule has 3 rings (SSSR count). The van der Waals surface area contributed by atoms with Gasteiger partial charge >= 0.3 is 5.69 Å². The molecule has 1 saturated heterocycles.